The van der Waals surface area contributed by atoms with Crippen molar-refractivity contribution in [3.05, 3.63) is 28.8 Å². The lowest BCUT2D eigenvalue weighted by Gasteiger charge is -2.30. The molecule has 1 aromatic carbocycles. The van der Waals surface area contributed by atoms with E-state index < -0.39 is 6.04 Å². The summed E-state index contributed by atoms with van der Waals surface area (Å²) in [6, 6.07) is 4.36. The molecule has 0 aromatic heterocycles. The van der Waals surface area contributed by atoms with Crippen molar-refractivity contribution < 1.29 is 14.4 Å². The highest BCUT2D eigenvalue weighted by atomic mass is 35.5. The lowest BCUT2D eigenvalue weighted by atomic mass is 10.0. The van der Waals surface area contributed by atoms with Gasteiger partial charge in [-0.2, -0.15) is 0 Å². The van der Waals surface area contributed by atoms with Gasteiger partial charge in [0.15, 0.2) is 0 Å². The number of hydrogen-bond donors (Lipinski definition) is 1. The minimum Gasteiger partial charge on any atom is -0.339 e. The van der Waals surface area contributed by atoms with Gasteiger partial charge in [0.2, 0.25) is 11.8 Å². The molecule has 3 amide bonds. The van der Waals surface area contributed by atoms with Gasteiger partial charge in [-0.3, -0.25) is 14.4 Å². The first kappa shape index (κ1) is 21.2. The second-order valence-corrected chi connectivity index (χ2v) is 7.45. The summed E-state index contributed by atoms with van der Waals surface area (Å²) >= 11 is 6.29. The number of anilines is 1. The van der Waals surface area contributed by atoms with Gasteiger partial charge in [-0.05, 0) is 44.4 Å². The lowest BCUT2D eigenvalue weighted by molar-refractivity contribution is -0.136. The molecule has 0 spiro atoms. The van der Waals surface area contributed by atoms with Crippen LogP contribution in [0.15, 0.2) is 18.2 Å². The maximum absolute atomic E-state index is 12.8. The van der Waals surface area contributed by atoms with Crippen molar-refractivity contribution in [2.45, 2.75) is 46.6 Å². The monoisotopic (exact) mass is 393 g/mol. The van der Waals surface area contributed by atoms with E-state index in [1.165, 1.54) is 0 Å². The molecule has 27 heavy (non-hydrogen) atoms. The zero-order valence-corrected chi connectivity index (χ0v) is 17.2. The van der Waals surface area contributed by atoms with Crippen LogP contribution in [0.5, 0.6) is 0 Å². The first-order chi connectivity index (χ1) is 12.8. The number of carbonyl (C=O) groups excluding carboxylic acids is 3. The Morgan fingerprint density at radius 1 is 1.26 bits per heavy atom. The van der Waals surface area contributed by atoms with E-state index in [0.717, 1.165) is 6.42 Å². The molecule has 0 radical (unpaired) electrons. The number of rotatable bonds is 7. The van der Waals surface area contributed by atoms with Gasteiger partial charge in [0, 0.05) is 31.7 Å². The molecular formula is C20H28ClN3O3. The van der Waals surface area contributed by atoms with E-state index in [4.69, 9.17) is 11.6 Å². The van der Waals surface area contributed by atoms with Crippen LogP contribution in [0, 0.1) is 5.92 Å². The second kappa shape index (κ2) is 9.22. The molecule has 7 heteroatoms. The van der Waals surface area contributed by atoms with Gasteiger partial charge in [0.1, 0.15) is 6.04 Å². The Kier molecular flexibility index (Phi) is 7.25. The van der Waals surface area contributed by atoms with Gasteiger partial charge < -0.3 is 15.1 Å². The molecule has 1 atom stereocenters. The van der Waals surface area contributed by atoms with Crippen molar-refractivity contribution in [2.24, 2.45) is 5.92 Å². The fourth-order valence-corrected chi connectivity index (χ4v) is 3.69. The highest BCUT2D eigenvalue weighted by Gasteiger charge is 2.35. The van der Waals surface area contributed by atoms with Crippen LogP contribution in [0.25, 0.3) is 0 Å². The van der Waals surface area contributed by atoms with Crippen LogP contribution in [0.3, 0.4) is 0 Å². The summed E-state index contributed by atoms with van der Waals surface area (Å²) in [5, 5.41) is 3.14. The topological polar surface area (TPSA) is 69.7 Å². The predicted molar refractivity (Wildman–Crippen MR) is 107 cm³/mol. The molecule has 1 heterocycles. The van der Waals surface area contributed by atoms with Crippen molar-refractivity contribution in [1.82, 2.24) is 9.80 Å². The van der Waals surface area contributed by atoms with E-state index in [1.807, 2.05) is 27.7 Å². The summed E-state index contributed by atoms with van der Waals surface area (Å²) in [6.45, 7) is 9.48. The fourth-order valence-electron chi connectivity index (χ4n) is 3.43. The molecular weight excluding hydrogens is 366 g/mol. The number of halogens is 1. The zero-order valence-electron chi connectivity index (χ0n) is 16.4. The maximum Gasteiger partial charge on any atom is 0.255 e. The van der Waals surface area contributed by atoms with Crippen molar-refractivity contribution in [3.63, 3.8) is 0 Å². The Balaban J connectivity index is 2.16. The van der Waals surface area contributed by atoms with Crippen molar-refractivity contribution in [3.8, 4) is 0 Å². The summed E-state index contributed by atoms with van der Waals surface area (Å²) in [4.78, 5) is 40.7. The van der Waals surface area contributed by atoms with Crippen LogP contribution < -0.4 is 5.32 Å². The summed E-state index contributed by atoms with van der Waals surface area (Å²) in [5.74, 6) is -0.363. The number of nitrogens with one attached hydrogen (secondary N) is 1. The molecule has 1 aliphatic heterocycles. The highest BCUT2D eigenvalue weighted by Crippen LogP contribution is 2.25. The summed E-state index contributed by atoms with van der Waals surface area (Å²) < 4.78 is 0. The van der Waals surface area contributed by atoms with E-state index in [0.29, 0.717) is 42.3 Å². The molecule has 0 aliphatic carbocycles. The fraction of sp³-hybridized carbons (Fsp3) is 0.550. The van der Waals surface area contributed by atoms with E-state index >= 15 is 0 Å². The molecule has 1 N–H and O–H groups in total. The van der Waals surface area contributed by atoms with Gasteiger partial charge in [0.25, 0.3) is 5.91 Å². The number of likely N-dealkylation sites (tertiary alicyclic amines) is 1. The van der Waals surface area contributed by atoms with Crippen LogP contribution >= 0.6 is 11.6 Å². The largest absolute Gasteiger partial charge is 0.339 e. The van der Waals surface area contributed by atoms with Crippen LogP contribution in [-0.4, -0.2) is 53.2 Å². The van der Waals surface area contributed by atoms with Crippen LogP contribution in [-0.2, 0) is 9.59 Å². The molecule has 0 unspecified atom stereocenters. The summed E-state index contributed by atoms with van der Waals surface area (Å²) in [6.07, 6.45) is 1.27. The van der Waals surface area contributed by atoms with E-state index in [9.17, 15) is 14.4 Å². The number of nitrogens with zero attached hydrogens (tertiary/aromatic N) is 2. The quantitative estimate of drug-likeness (QED) is 0.771. The molecule has 0 bridgehead atoms. The minimum absolute atomic E-state index is 0.00830. The van der Waals surface area contributed by atoms with Gasteiger partial charge >= 0.3 is 0 Å². The second-order valence-electron chi connectivity index (χ2n) is 7.04. The number of carbonyl (C=O) groups is 3. The van der Waals surface area contributed by atoms with Gasteiger partial charge in [0.05, 0.1) is 10.6 Å². The van der Waals surface area contributed by atoms with E-state index in [-0.39, 0.29) is 23.6 Å². The zero-order chi connectivity index (χ0) is 20.1. The van der Waals surface area contributed by atoms with Crippen molar-refractivity contribution in [2.75, 3.05) is 25.0 Å². The number of hydrogen-bond acceptors (Lipinski definition) is 3. The standard InChI is InChI=1S/C20H28ClN3O3/c1-5-23(6-2)20(27)15-10-9-14(12-16(15)21)22-19(26)18(13(3)4)24-11-7-8-17(24)25/h9-10,12-13,18H,5-8,11H2,1-4H3,(H,22,26)/t18-/m1/s1. The molecule has 1 saturated heterocycles. The number of benzene rings is 1. The molecule has 0 saturated carbocycles. The average molecular weight is 394 g/mol. The third-order valence-corrected chi connectivity index (χ3v) is 5.18. The molecule has 2 rings (SSSR count). The van der Waals surface area contributed by atoms with Gasteiger partial charge in [-0.15, -0.1) is 0 Å². The minimum atomic E-state index is -0.518. The third kappa shape index (κ3) is 4.80. The molecule has 6 nitrogen and oxygen atoms in total. The first-order valence-corrected chi connectivity index (χ1v) is 9.87. The van der Waals surface area contributed by atoms with Crippen molar-refractivity contribution >= 4 is 35.0 Å². The Bertz CT molecular complexity index is 716. The predicted octanol–water partition coefficient (Wildman–Crippen LogP) is 3.41. The number of amides is 3. The lowest BCUT2D eigenvalue weighted by Crippen LogP contribution is -2.47. The average Bonchev–Trinajstić information content (AvgIpc) is 3.01. The summed E-state index contributed by atoms with van der Waals surface area (Å²) in [5.41, 5.74) is 0.923. The van der Waals surface area contributed by atoms with E-state index in [2.05, 4.69) is 5.32 Å². The Morgan fingerprint density at radius 3 is 2.41 bits per heavy atom. The highest BCUT2D eigenvalue weighted by molar-refractivity contribution is 6.34. The Hall–Kier alpha value is -2.08. The normalized spacial score (nSPS) is 15.2. The first-order valence-electron chi connectivity index (χ1n) is 9.49. The SMILES string of the molecule is CCN(CC)C(=O)c1ccc(NC(=O)[C@@H](C(C)C)N2CCCC2=O)cc1Cl. The maximum atomic E-state index is 12.8. The molecule has 148 valence electrons. The summed E-state index contributed by atoms with van der Waals surface area (Å²) in [7, 11) is 0. The van der Waals surface area contributed by atoms with E-state index in [1.54, 1.807) is 28.0 Å². The Morgan fingerprint density at radius 2 is 1.93 bits per heavy atom. The van der Waals surface area contributed by atoms with Crippen LogP contribution in [0.2, 0.25) is 5.02 Å². The molecule has 1 aromatic rings. The Labute approximate surface area is 165 Å². The molecule has 1 fully saturated rings. The van der Waals surface area contributed by atoms with Crippen LogP contribution in [0.4, 0.5) is 5.69 Å². The van der Waals surface area contributed by atoms with Crippen molar-refractivity contribution in [1.29, 1.82) is 0 Å². The van der Waals surface area contributed by atoms with Crippen LogP contribution in [0.1, 0.15) is 50.9 Å². The molecule has 1 aliphatic rings. The smallest absolute Gasteiger partial charge is 0.255 e. The van der Waals surface area contributed by atoms with Gasteiger partial charge in [-0.25, -0.2) is 0 Å². The third-order valence-electron chi connectivity index (χ3n) is 4.86. The van der Waals surface area contributed by atoms with Gasteiger partial charge in [-0.1, -0.05) is 25.4 Å².